The van der Waals surface area contributed by atoms with Gasteiger partial charge in [0, 0.05) is 18.8 Å². The number of nitrogens with zero attached hydrogens (tertiary/aromatic N) is 1. The number of hydrogen-bond acceptors (Lipinski definition) is 5. The van der Waals surface area contributed by atoms with E-state index in [4.69, 9.17) is 0 Å². The number of pyridine rings is 1. The van der Waals surface area contributed by atoms with E-state index < -0.39 is 21.6 Å². The fourth-order valence-electron chi connectivity index (χ4n) is 1.45. The van der Waals surface area contributed by atoms with Crippen molar-refractivity contribution in [3.05, 3.63) is 28.7 Å². The molecule has 0 aliphatic rings. The van der Waals surface area contributed by atoms with Crippen molar-refractivity contribution >= 4 is 16.0 Å². The largest absolute Gasteiger partial charge is 0.468 e. The van der Waals surface area contributed by atoms with Crippen molar-refractivity contribution in [1.29, 1.82) is 0 Å². The number of carbonyl (C=O) groups is 1. The van der Waals surface area contributed by atoms with Gasteiger partial charge >= 0.3 is 5.97 Å². The van der Waals surface area contributed by atoms with Gasteiger partial charge in [-0.05, 0) is 12.5 Å². The third-order valence-corrected chi connectivity index (χ3v) is 4.24. The van der Waals surface area contributed by atoms with Gasteiger partial charge in [0.05, 0.1) is 12.0 Å². The fraction of sp³-hybridized carbons (Fsp3) is 0.455. The van der Waals surface area contributed by atoms with Crippen molar-refractivity contribution in [3.8, 4) is 0 Å². The number of rotatable bonds is 6. The first-order valence-electron chi connectivity index (χ1n) is 5.67. The minimum Gasteiger partial charge on any atom is -0.468 e. The van der Waals surface area contributed by atoms with Gasteiger partial charge in [-0.2, -0.15) is 4.31 Å². The predicted octanol–water partition coefficient (Wildman–Crippen LogP) is -0.0514. The van der Waals surface area contributed by atoms with Crippen LogP contribution in [0, 0.1) is 0 Å². The Morgan fingerprint density at radius 3 is 2.58 bits per heavy atom. The van der Waals surface area contributed by atoms with Crippen LogP contribution in [0.2, 0.25) is 0 Å². The zero-order valence-electron chi connectivity index (χ0n) is 10.8. The van der Waals surface area contributed by atoms with Crippen molar-refractivity contribution in [2.75, 3.05) is 20.2 Å². The normalized spacial score (nSPS) is 11.5. The number of aromatic amines is 1. The van der Waals surface area contributed by atoms with E-state index in [0.29, 0.717) is 6.42 Å². The van der Waals surface area contributed by atoms with Gasteiger partial charge in [-0.15, -0.1) is 0 Å². The number of sulfonamides is 1. The molecule has 1 N–H and O–H groups in total. The number of H-pyrrole nitrogens is 1. The van der Waals surface area contributed by atoms with Crippen molar-refractivity contribution < 1.29 is 17.9 Å². The first-order chi connectivity index (χ1) is 8.91. The molecule has 0 amide bonds. The van der Waals surface area contributed by atoms with Crippen LogP contribution in [0.5, 0.6) is 0 Å². The summed E-state index contributed by atoms with van der Waals surface area (Å²) in [6.07, 6.45) is 1.66. The molecule has 0 bridgehead atoms. The lowest BCUT2D eigenvalue weighted by molar-refractivity contribution is -0.140. The lowest BCUT2D eigenvalue weighted by Gasteiger charge is -2.20. The number of carbonyl (C=O) groups excluding carboxylic acids is 1. The zero-order valence-corrected chi connectivity index (χ0v) is 11.6. The van der Waals surface area contributed by atoms with Crippen molar-refractivity contribution in [3.63, 3.8) is 0 Å². The Morgan fingerprint density at radius 2 is 2.11 bits per heavy atom. The Bertz CT molecular complexity index is 573. The fourth-order valence-corrected chi connectivity index (χ4v) is 2.89. The number of hydrogen-bond donors (Lipinski definition) is 1. The lowest BCUT2D eigenvalue weighted by Crippen LogP contribution is -2.37. The van der Waals surface area contributed by atoms with Crippen LogP contribution in [-0.4, -0.2) is 43.9 Å². The summed E-state index contributed by atoms with van der Waals surface area (Å²) in [6, 6.07) is 2.32. The molecule has 1 heterocycles. The molecule has 0 spiro atoms. The summed E-state index contributed by atoms with van der Waals surface area (Å²) >= 11 is 0. The zero-order chi connectivity index (χ0) is 14.5. The van der Waals surface area contributed by atoms with E-state index in [-0.39, 0.29) is 18.0 Å². The van der Waals surface area contributed by atoms with Crippen LogP contribution in [0.3, 0.4) is 0 Å². The second-order valence-electron chi connectivity index (χ2n) is 3.80. The molecule has 106 valence electrons. The molecule has 8 heteroatoms. The van der Waals surface area contributed by atoms with Gasteiger partial charge in [0.25, 0.3) is 0 Å². The Morgan fingerprint density at radius 1 is 1.42 bits per heavy atom. The monoisotopic (exact) mass is 288 g/mol. The number of ether oxygens (including phenoxy) is 1. The first-order valence-corrected chi connectivity index (χ1v) is 7.11. The van der Waals surface area contributed by atoms with Crippen LogP contribution in [0.1, 0.15) is 13.3 Å². The Kier molecular flexibility index (Phi) is 5.25. The average molecular weight is 288 g/mol. The summed E-state index contributed by atoms with van der Waals surface area (Å²) in [6.45, 7) is 1.63. The summed E-state index contributed by atoms with van der Waals surface area (Å²) in [5.74, 6) is -0.638. The average Bonchev–Trinajstić information content (AvgIpc) is 2.38. The Labute approximate surface area is 111 Å². The summed E-state index contributed by atoms with van der Waals surface area (Å²) < 4.78 is 30.1. The number of methoxy groups -OCH3 is 1. The molecule has 0 unspecified atom stereocenters. The Balaban J connectivity index is 3.08. The quantitative estimate of drug-likeness (QED) is 0.740. The number of aromatic nitrogens is 1. The first kappa shape index (κ1) is 15.4. The van der Waals surface area contributed by atoms with Gasteiger partial charge in [-0.25, -0.2) is 8.42 Å². The molecule has 0 saturated heterocycles. The maximum atomic E-state index is 12.3. The minimum atomic E-state index is -3.82. The van der Waals surface area contributed by atoms with Crippen molar-refractivity contribution in [2.45, 2.75) is 18.2 Å². The molecule has 0 aliphatic heterocycles. The third-order valence-electron chi connectivity index (χ3n) is 2.40. The molecule has 1 rings (SSSR count). The lowest BCUT2D eigenvalue weighted by atomic mass is 10.5. The van der Waals surface area contributed by atoms with Gasteiger partial charge in [0.1, 0.15) is 6.54 Å². The maximum absolute atomic E-state index is 12.3. The molecular formula is C11H16N2O5S. The summed E-state index contributed by atoms with van der Waals surface area (Å²) in [5, 5.41) is 0. The SMILES string of the molecule is CCCN(CC(=O)OC)S(=O)(=O)c1ccc(=O)[nH]c1. The van der Waals surface area contributed by atoms with Crippen LogP contribution >= 0.6 is 0 Å². The van der Waals surface area contributed by atoms with Crippen molar-refractivity contribution in [2.24, 2.45) is 0 Å². The number of nitrogens with one attached hydrogen (secondary N) is 1. The van der Waals surface area contributed by atoms with Gasteiger partial charge < -0.3 is 9.72 Å². The summed E-state index contributed by atoms with van der Waals surface area (Å²) in [5.41, 5.74) is -0.394. The van der Waals surface area contributed by atoms with Crippen LogP contribution in [0.4, 0.5) is 0 Å². The summed E-state index contributed by atoms with van der Waals surface area (Å²) in [4.78, 5) is 24.4. The van der Waals surface area contributed by atoms with E-state index in [9.17, 15) is 18.0 Å². The highest BCUT2D eigenvalue weighted by molar-refractivity contribution is 7.89. The maximum Gasteiger partial charge on any atom is 0.321 e. The van der Waals surface area contributed by atoms with Crippen LogP contribution in [-0.2, 0) is 19.6 Å². The van der Waals surface area contributed by atoms with Crippen LogP contribution < -0.4 is 5.56 Å². The smallest absolute Gasteiger partial charge is 0.321 e. The van der Waals surface area contributed by atoms with E-state index in [1.165, 1.54) is 13.2 Å². The second-order valence-corrected chi connectivity index (χ2v) is 5.74. The molecule has 19 heavy (non-hydrogen) atoms. The number of esters is 1. The minimum absolute atomic E-state index is 0.0653. The van der Waals surface area contributed by atoms with E-state index in [1.54, 1.807) is 6.92 Å². The third kappa shape index (κ3) is 3.90. The molecule has 0 aromatic carbocycles. The van der Waals surface area contributed by atoms with Crippen LogP contribution in [0.25, 0.3) is 0 Å². The molecule has 0 fully saturated rings. The van der Waals surface area contributed by atoms with Gasteiger partial charge in [-0.1, -0.05) is 6.92 Å². The molecule has 1 aromatic heterocycles. The molecule has 0 radical (unpaired) electrons. The molecule has 0 aliphatic carbocycles. The highest BCUT2D eigenvalue weighted by Gasteiger charge is 2.26. The topological polar surface area (TPSA) is 96.5 Å². The molecule has 0 saturated carbocycles. The highest BCUT2D eigenvalue weighted by atomic mass is 32.2. The van der Waals surface area contributed by atoms with Gasteiger partial charge in [-0.3, -0.25) is 9.59 Å². The van der Waals surface area contributed by atoms with E-state index >= 15 is 0 Å². The van der Waals surface area contributed by atoms with Gasteiger partial charge in [0.15, 0.2) is 0 Å². The molecular weight excluding hydrogens is 272 g/mol. The molecule has 7 nitrogen and oxygen atoms in total. The van der Waals surface area contributed by atoms with E-state index in [2.05, 4.69) is 9.72 Å². The molecule has 0 atom stereocenters. The summed E-state index contributed by atoms with van der Waals surface area (Å²) in [7, 11) is -2.63. The highest BCUT2D eigenvalue weighted by Crippen LogP contribution is 2.13. The van der Waals surface area contributed by atoms with E-state index in [0.717, 1.165) is 16.6 Å². The molecule has 1 aromatic rings. The standard InChI is InChI=1S/C11H16N2O5S/c1-3-6-13(8-11(15)18-2)19(16,17)9-4-5-10(14)12-7-9/h4-5,7H,3,6,8H2,1-2H3,(H,12,14). The van der Waals surface area contributed by atoms with Crippen LogP contribution in [0.15, 0.2) is 28.0 Å². The van der Waals surface area contributed by atoms with E-state index in [1.807, 2.05) is 0 Å². The second kappa shape index (κ2) is 6.48. The predicted molar refractivity (Wildman–Crippen MR) is 68.1 cm³/mol. The van der Waals surface area contributed by atoms with Gasteiger partial charge in [0.2, 0.25) is 15.6 Å². The Hall–Kier alpha value is -1.67. The van der Waals surface area contributed by atoms with Crippen molar-refractivity contribution in [1.82, 2.24) is 9.29 Å².